The van der Waals surface area contributed by atoms with Gasteiger partial charge >= 0.3 is 0 Å². The van der Waals surface area contributed by atoms with Crippen LogP contribution in [0.4, 0.5) is 5.69 Å². The fourth-order valence-corrected chi connectivity index (χ4v) is 1.08. The van der Waals surface area contributed by atoms with Gasteiger partial charge in [0.2, 0.25) is 0 Å². The molecule has 0 saturated carbocycles. The summed E-state index contributed by atoms with van der Waals surface area (Å²) in [5.41, 5.74) is 1.23. The lowest BCUT2D eigenvalue weighted by Gasteiger charge is -2.01. The van der Waals surface area contributed by atoms with E-state index in [0.717, 1.165) is 5.56 Å². The summed E-state index contributed by atoms with van der Waals surface area (Å²) in [5.74, 6) is 0. The molecule has 4 heteroatoms. The molecule has 0 unspecified atom stereocenters. The van der Waals surface area contributed by atoms with Gasteiger partial charge in [0.25, 0.3) is 5.69 Å². The van der Waals surface area contributed by atoms with E-state index >= 15 is 0 Å². The van der Waals surface area contributed by atoms with Crippen molar-refractivity contribution in [1.29, 1.82) is 0 Å². The predicted molar refractivity (Wildman–Crippen MR) is 46.4 cm³/mol. The van der Waals surface area contributed by atoms with Crippen LogP contribution in [0.3, 0.4) is 0 Å². The zero-order valence-corrected chi connectivity index (χ0v) is 7.47. The zero-order valence-electron chi connectivity index (χ0n) is 6.72. The topological polar surface area (TPSA) is 43.1 Å². The summed E-state index contributed by atoms with van der Waals surface area (Å²) in [5, 5.41) is 10.8. The molecule has 0 aliphatic rings. The lowest BCUT2D eigenvalue weighted by molar-refractivity contribution is -0.385. The molecule has 0 aromatic heterocycles. The van der Waals surface area contributed by atoms with E-state index < -0.39 is 4.92 Å². The van der Waals surface area contributed by atoms with Gasteiger partial charge in [0.05, 0.1) is 16.0 Å². The predicted octanol–water partition coefficient (Wildman–Crippen LogP) is 2.67. The minimum atomic E-state index is -0.485. The fraction of sp³-hybridized carbons (Fsp3) is 0.250. The van der Waals surface area contributed by atoms with Gasteiger partial charge in [-0.3, -0.25) is 10.1 Å². The average molecular weight is 185 g/mol. The number of hydrogen-bond donors (Lipinski definition) is 0. The number of hydrogen-bond acceptors (Lipinski definition) is 2. The maximum Gasteiger partial charge on any atom is 0.281 e. The van der Waals surface area contributed by atoms with E-state index in [-0.39, 0.29) is 5.69 Å². The molecule has 0 saturated heterocycles. The van der Waals surface area contributed by atoms with E-state index in [9.17, 15) is 10.1 Å². The van der Waals surface area contributed by atoms with E-state index in [0.29, 0.717) is 10.6 Å². The first-order valence-corrected chi connectivity index (χ1v) is 3.73. The van der Waals surface area contributed by atoms with E-state index in [4.69, 9.17) is 11.6 Å². The number of halogens is 1. The Morgan fingerprint density at radius 3 is 2.67 bits per heavy atom. The smallest absolute Gasteiger partial charge is 0.258 e. The van der Waals surface area contributed by atoms with Crippen molar-refractivity contribution in [2.45, 2.75) is 13.8 Å². The van der Waals surface area contributed by atoms with Crippen molar-refractivity contribution in [1.82, 2.24) is 0 Å². The lowest BCUT2D eigenvalue weighted by atomic mass is 10.1. The highest BCUT2D eigenvalue weighted by molar-refractivity contribution is 6.32. The molecule has 0 aliphatic carbocycles. The first-order valence-electron chi connectivity index (χ1n) is 3.36. The van der Waals surface area contributed by atoms with Gasteiger partial charge in [-0.1, -0.05) is 11.6 Å². The summed E-state index contributed by atoms with van der Waals surface area (Å²) in [4.78, 5) is 9.92. The quantitative estimate of drug-likeness (QED) is 0.498. The molecule has 1 aromatic rings. The number of rotatable bonds is 1. The maximum absolute atomic E-state index is 10.4. The lowest BCUT2D eigenvalue weighted by Crippen LogP contribution is -1.93. The third-order valence-corrected chi connectivity index (χ3v) is 2.22. The minimum Gasteiger partial charge on any atom is -0.258 e. The highest BCUT2D eigenvalue weighted by Crippen LogP contribution is 2.27. The molecule has 12 heavy (non-hydrogen) atoms. The van der Waals surface area contributed by atoms with Crippen LogP contribution >= 0.6 is 11.6 Å². The zero-order chi connectivity index (χ0) is 9.30. The van der Waals surface area contributed by atoms with Crippen LogP contribution < -0.4 is 0 Å². The first kappa shape index (κ1) is 9.00. The summed E-state index contributed by atoms with van der Waals surface area (Å²) in [7, 11) is 0. The minimum absolute atomic E-state index is 0.0504. The third kappa shape index (κ3) is 1.41. The first-order chi connectivity index (χ1) is 5.54. The second-order valence-electron chi connectivity index (χ2n) is 2.52. The molecular weight excluding hydrogens is 178 g/mol. The molecule has 0 spiro atoms. The van der Waals surface area contributed by atoms with Gasteiger partial charge < -0.3 is 0 Å². The SMILES string of the molecule is Cc1c[c]c([N+](=O)[O-])c(C)c1Cl. The largest absolute Gasteiger partial charge is 0.281 e. The number of aryl methyl sites for hydroxylation is 1. The molecule has 0 fully saturated rings. The van der Waals surface area contributed by atoms with Crippen molar-refractivity contribution in [2.24, 2.45) is 0 Å². The van der Waals surface area contributed by atoms with Crippen LogP contribution in [0.1, 0.15) is 11.1 Å². The van der Waals surface area contributed by atoms with Gasteiger partial charge in [-0.25, -0.2) is 0 Å². The Kier molecular flexibility index (Phi) is 2.33. The van der Waals surface area contributed by atoms with Crippen molar-refractivity contribution in [2.75, 3.05) is 0 Å². The van der Waals surface area contributed by atoms with Gasteiger partial charge in [-0.05, 0) is 25.5 Å². The molecule has 1 aromatic carbocycles. The molecular formula is C8H7ClNO2. The molecule has 0 aliphatic heterocycles. The summed E-state index contributed by atoms with van der Waals surface area (Å²) < 4.78 is 0. The van der Waals surface area contributed by atoms with Gasteiger partial charge in [0.15, 0.2) is 0 Å². The Labute approximate surface area is 75.1 Å². The standard InChI is InChI=1S/C8H7ClNO2/c1-5-3-4-7(10(11)12)6(2)8(5)9/h3H,1-2H3. The second kappa shape index (κ2) is 3.11. The Hall–Kier alpha value is -1.09. The molecule has 0 N–H and O–H groups in total. The molecule has 0 bridgehead atoms. The highest BCUT2D eigenvalue weighted by Gasteiger charge is 2.14. The average Bonchev–Trinajstić information content (AvgIpc) is 2.00. The number of nitro benzene ring substituents is 1. The van der Waals surface area contributed by atoms with Crippen LogP contribution in [0.15, 0.2) is 6.07 Å². The van der Waals surface area contributed by atoms with Crippen LogP contribution in [0.25, 0.3) is 0 Å². The highest BCUT2D eigenvalue weighted by atomic mass is 35.5. The molecule has 1 rings (SSSR count). The number of benzene rings is 1. The fourth-order valence-electron chi connectivity index (χ4n) is 0.938. The summed E-state index contributed by atoms with van der Waals surface area (Å²) in [6.07, 6.45) is 0. The van der Waals surface area contributed by atoms with E-state index in [2.05, 4.69) is 6.07 Å². The Bertz CT molecular complexity index is 336. The molecule has 0 heterocycles. The van der Waals surface area contributed by atoms with Gasteiger partial charge in [-0.2, -0.15) is 0 Å². The Balaban J connectivity index is 3.36. The third-order valence-electron chi connectivity index (χ3n) is 1.64. The maximum atomic E-state index is 10.4. The van der Waals surface area contributed by atoms with Crippen LogP contribution in [-0.2, 0) is 0 Å². The van der Waals surface area contributed by atoms with Crippen molar-refractivity contribution in [3.05, 3.63) is 38.4 Å². The van der Waals surface area contributed by atoms with Crippen molar-refractivity contribution >= 4 is 17.3 Å². The van der Waals surface area contributed by atoms with Crippen LogP contribution in [0.2, 0.25) is 5.02 Å². The van der Waals surface area contributed by atoms with Crippen molar-refractivity contribution in [3.8, 4) is 0 Å². The van der Waals surface area contributed by atoms with Gasteiger partial charge in [0, 0.05) is 5.56 Å². The van der Waals surface area contributed by atoms with Crippen LogP contribution in [-0.4, -0.2) is 4.92 Å². The Morgan fingerprint density at radius 1 is 1.58 bits per heavy atom. The van der Waals surface area contributed by atoms with Crippen molar-refractivity contribution < 1.29 is 4.92 Å². The van der Waals surface area contributed by atoms with Gasteiger partial charge in [-0.15, -0.1) is 0 Å². The molecule has 1 radical (unpaired) electrons. The van der Waals surface area contributed by atoms with Crippen LogP contribution in [0, 0.1) is 30.0 Å². The van der Waals surface area contributed by atoms with E-state index in [1.165, 1.54) is 6.07 Å². The second-order valence-corrected chi connectivity index (χ2v) is 2.89. The number of nitrogens with zero attached hydrogens (tertiary/aromatic N) is 1. The molecule has 63 valence electrons. The summed E-state index contributed by atoms with van der Waals surface area (Å²) >= 11 is 5.80. The van der Waals surface area contributed by atoms with E-state index in [1.54, 1.807) is 13.8 Å². The summed E-state index contributed by atoms with van der Waals surface area (Å²) in [6, 6.07) is 4.08. The normalized spacial score (nSPS) is 9.92. The van der Waals surface area contributed by atoms with Crippen molar-refractivity contribution in [3.63, 3.8) is 0 Å². The molecule has 0 amide bonds. The van der Waals surface area contributed by atoms with Crippen LogP contribution in [0.5, 0.6) is 0 Å². The van der Waals surface area contributed by atoms with Gasteiger partial charge in [0.1, 0.15) is 0 Å². The summed E-state index contributed by atoms with van der Waals surface area (Å²) in [6.45, 7) is 3.40. The Morgan fingerprint density at radius 2 is 2.17 bits per heavy atom. The molecule has 3 nitrogen and oxygen atoms in total. The molecule has 0 atom stereocenters. The van der Waals surface area contributed by atoms with E-state index in [1.807, 2.05) is 0 Å². The monoisotopic (exact) mass is 184 g/mol. The number of nitro groups is 1.